The summed E-state index contributed by atoms with van der Waals surface area (Å²) in [5, 5.41) is 16.2. The van der Waals surface area contributed by atoms with Gasteiger partial charge in [0.15, 0.2) is 11.8 Å². The summed E-state index contributed by atoms with van der Waals surface area (Å²) in [4.78, 5) is 25.6. The molecule has 1 fully saturated rings. The number of aliphatic carboxylic acids is 1. The maximum atomic E-state index is 14.3. The number of benzene rings is 1. The number of ether oxygens (including phenoxy) is 2. The highest BCUT2D eigenvalue weighted by molar-refractivity contribution is 7.15. The highest BCUT2D eigenvalue weighted by Gasteiger charge is 2.37. The summed E-state index contributed by atoms with van der Waals surface area (Å²) in [6, 6.07) is 6.60. The van der Waals surface area contributed by atoms with Crippen molar-refractivity contribution in [1.82, 2.24) is 19.6 Å². The fourth-order valence-electron chi connectivity index (χ4n) is 6.51. The highest BCUT2D eigenvalue weighted by atomic mass is 32.1. The molecule has 47 heavy (non-hydrogen) atoms. The van der Waals surface area contributed by atoms with Crippen LogP contribution in [0.3, 0.4) is 0 Å². The van der Waals surface area contributed by atoms with Crippen molar-refractivity contribution in [2.24, 2.45) is 5.41 Å². The molecule has 7 rings (SSSR count). The van der Waals surface area contributed by atoms with E-state index in [1.807, 2.05) is 46.9 Å². The third kappa shape index (κ3) is 7.36. The highest BCUT2D eigenvalue weighted by Crippen LogP contribution is 2.41. The predicted octanol–water partition coefficient (Wildman–Crippen LogP) is 7.95. The van der Waals surface area contributed by atoms with Gasteiger partial charge in [-0.2, -0.15) is 9.61 Å². The molecule has 2 atom stereocenters. The molecule has 1 N–H and O–H groups in total. The number of carboxylic acids is 1. The van der Waals surface area contributed by atoms with Crippen LogP contribution in [-0.4, -0.2) is 55.5 Å². The van der Waals surface area contributed by atoms with Crippen LogP contribution in [0.5, 0.6) is 5.75 Å². The fraction of sp³-hybridized carbons (Fsp3) is 0.500. The van der Waals surface area contributed by atoms with E-state index in [4.69, 9.17) is 24.5 Å². The van der Waals surface area contributed by atoms with Gasteiger partial charge in [0.1, 0.15) is 28.1 Å². The number of rotatable bonds is 3. The lowest BCUT2D eigenvalue weighted by Crippen LogP contribution is -2.41. The monoisotopic (exact) mass is 661 g/mol. The molecule has 0 spiro atoms. The van der Waals surface area contributed by atoms with Gasteiger partial charge in [-0.1, -0.05) is 25.1 Å². The van der Waals surface area contributed by atoms with Crippen molar-refractivity contribution in [3.63, 3.8) is 0 Å². The number of anilines is 1. The van der Waals surface area contributed by atoms with Crippen LogP contribution in [0.2, 0.25) is 0 Å². The Kier molecular flexibility index (Phi) is 9.15. The minimum absolute atomic E-state index is 0.106. The van der Waals surface area contributed by atoms with E-state index in [1.165, 1.54) is 23.5 Å². The zero-order valence-corrected chi connectivity index (χ0v) is 28.9. The largest absolute Gasteiger partial charge is 0.490 e. The van der Waals surface area contributed by atoms with Crippen LogP contribution >= 0.6 is 11.3 Å². The average molecular weight is 662 g/mol. The molecule has 1 aromatic carbocycles. The third-order valence-electron chi connectivity index (χ3n) is 9.08. The number of piperidine rings is 1. The number of allylic oxidation sites excluding steroid dienone is 1. The summed E-state index contributed by atoms with van der Waals surface area (Å²) < 4.78 is 28.5. The Morgan fingerprint density at radius 3 is 2.68 bits per heavy atom. The van der Waals surface area contributed by atoms with Gasteiger partial charge < -0.3 is 19.5 Å². The number of hydrogen-bond acceptors (Lipinski definition) is 8. The van der Waals surface area contributed by atoms with Crippen LogP contribution in [0.1, 0.15) is 94.5 Å². The molecule has 6 bridgehead atoms. The normalized spacial score (nSPS) is 22.0. The minimum Gasteiger partial charge on any atom is -0.490 e. The first-order chi connectivity index (χ1) is 22.3. The number of halogens is 1. The van der Waals surface area contributed by atoms with E-state index in [-0.39, 0.29) is 17.3 Å². The molecular formula is C36H44FN5O4S. The van der Waals surface area contributed by atoms with Crippen molar-refractivity contribution >= 4 is 28.8 Å². The number of carbonyl (C=O) groups is 1. The van der Waals surface area contributed by atoms with Crippen molar-refractivity contribution in [3.05, 3.63) is 70.1 Å². The number of carboxylic acid groups (broad SMARTS) is 1. The molecule has 6 heterocycles. The second-order valence-corrected chi connectivity index (χ2v) is 15.3. The molecule has 4 aromatic rings. The molecular weight excluding hydrogens is 617 g/mol. The van der Waals surface area contributed by atoms with Crippen LogP contribution in [0.25, 0.3) is 16.3 Å². The molecule has 0 saturated carbocycles. The Labute approximate surface area is 279 Å². The van der Waals surface area contributed by atoms with Crippen LogP contribution < -0.4 is 9.64 Å². The zero-order valence-electron chi connectivity index (χ0n) is 28.0. The zero-order chi connectivity index (χ0) is 33.5. The second kappa shape index (κ2) is 13.0. The van der Waals surface area contributed by atoms with Gasteiger partial charge in [-0.3, -0.25) is 0 Å². The fourth-order valence-corrected chi connectivity index (χ4v) is 7.40. The maximum Gasteiger partial charge on any atom is 0.337 e. The van der Waals surface area contributed by atoms with Crippen molar-refractivity contribution in [2.75, 3.05) is 18.0 Å². The first-order valence-corrected chi connectivity index (χ1v) is 17.2. The molecule has 0 radical (unpaired) electrons. The summed E-state index contributed by atoms with van der Waals surface area (Å²) in [7, 11) is 0. The summed E-state index contributed by atoms with van der Waals surface area (Å²) >= 11 is 1.51. The molecule has 0 aliphatic carbocycles. The topological polar surface area (TPSA) is 102 Å². The lowest BCUT2D eigenvalue weighted by atomic mass is 9.76. The van der Waals surface area contributed by atoms with E-state index < -0.39 is 17.7 Å². The molecule has 3 aliphatic rings. The number of thiazole rings is 1. The molecule has 1 saturated heterocycles. The molecule has 3 aliphatic heterocycles. The quantitative estimate of drug-likeness (QED) is 0.221. The third-order valence-corrected chi connectivity index (χ3v) is 10.1. The van der Waals surface area contributed by atoms with Crippen LogP contribution in [0.4, 0.5) is 10.2 Å². The lowest BCUT2D eigenvalue weighted by Gasteiger charge is -2.41. The Morgan fingerprint density at radius 2 is 1.96 bits per heavy atom. The van der Waals surface area contributed by atoms with Crippen LogP contribution in [0, 0.1) is 18.2 Å². The van der Waals surface area contributed by atoms with E-state index >= 15 is 0 Å². The summed E-state index contributed by atoms with van der Waals surface area (Å²) in [6.07, 6.45) is 10.1. The van der Waals surface area contributed by atoms with E-state index in [2.05, 4.69) is 24.0 Å². The molecule has 11 heteroatoms. The van der Waals surface area contributed by atoms with E-state index in [0.29, 0.717) is 40.6 Å². The van der Waals surface area contributed by atoms with Gasteiger partial charge in [0.2, 0.25) is 0 Å². The Balaban J connectivity index is 1.47. The summed E-state index contributed by atoms with van der Waals surface area (Å²) in [5.41, 5.74) is 2.73. The Bertz CT molecular complexity index is 1800. The van der Waals surface area contributed by atoms with Gasteiger partial charge in [0.05, 0.1) is 17.3 Å². The molecule has 9 nitrogen and oxygen atoms in total. The van der Waals surface area contributed by atoms with Crippen molar-refractivity contribution < 1.29 is 23.8 Å². The first kappa shape index (κ1) is 33.1. The van der Waals surface area contributed by atoms with Crippen molar-refractivity contribution in [2.45, 2.75) is 97.9 Å². The van der Waals surface area contributed by atoms with E-state index in [9.17, 15) is 14.3 Å². The van der Waals surface area contributed by atoms with E-state index in [0.717, 1.165) is 60.6 Å². The SMILES string of the molecule is Cc1nc2cc3nn2c(c1[C@H](OC(C)(C)C)C(=O)O)N1CCC(C)(CC/C=C\C[C@@H](C)Oc2cc(F)ccc2Cc2cnc-3s2)CC1. The smallest absolute Gasteiger partial charge is 0.337 e. The summed E-state index contributed by atoms with van der Waals surface area (Å²) in [6.45, 7) is 13.3. The molecule has 0 unspecified atom stereocenters. The van der Waals surface area contributed by atoms with Crippen LogP contribution in [0.15, 0.2) is 42.6 Å². The number of nitrogens with zero attached hydrogens (tertiary/aromatic N) is 5. The van der Waals surface area contributed by atoms with Crippen molar-refractivity contribution in [3.8, 4) is 16.5 Å². The Morgan fingerprint density at radius 1 is 1.19 bits per heavy atom. The number of fused-ring (bicyclic) bond motifs is 7. The van der Waals surface area contributed by atoms with Gasteiger partial charge in [-0.15, -0.1) is 11.3 Å². The van der Waals surface area contributed by atoms with Crippen molar-refractivity contribution in [1.29, 1.82) is 0 Å². The van der Waals surface area contributed by atoms with Gasteiger partial charge in [0.25, 0.3) is 0 Å². The van der Waals surface area contributed by atoms with Gasteiger partial charge in [-0.25, -0.2) is 19.2 Å². The van der Waals surface area contributed by atoms with E-state index in [1.54, 1.807) is 10.6 Å². The Hall–Kier alpha value is -3.83. The molecule has 250 valence electrons. The lowest BCUT2D eigenvalue weighted by molar-refractivity contribution is -0.160. The molecule has 0 amide bonds. The summed E-state index contributed by atoms with van der Waals surface area (Å²) in [5.74, 6) is -0.143. The van der Waals surface area contributed by atoms with Crippen LogP contribution in [-0.2, 0) is 16.0 Å². The molecule has 3 aromatic heterocycles. The number of aromatic nitrogens is 4. The standard InChI is InChI=1S/C36H44FN5O4S/c1-22-10-8-7-9-13-36(6)14-16-41(17-15-36)33-30(31(34(43)44)46-35(3,4)5)23(2)39-29-20-27(40-42(29)33)32-38-21-26(47-32)18-24-11-12-25(37)19-28(24)45-22/h7-8,11-12,19-22,31H,9-10,13-18H2,1-6H3,(H,43,44)/b8-7-/t22-,31+/m1/s1. The number of hydrogen-bond donors (Lipinski definition) is 1. The predicted molar refractivity (Wildman–Crippen MR) is 182 cm³/mol. The maximum absolute atomic E-state index is 14.3. The minimum atomic E-state index is -1.22. The van der Waals surface area contributed by atoms with Gasteiger partial charge in [-0.05, 0) is 77.3 Å². The average Bonchev–Trinajstić information content (AvgIpc) is 3.63. The number of aryl methyl sites for hydroxylation is 1. The first-order valence-electron chi connectivity index (χ1n) is 16.4. The van der Waals surface area contributed by atoms with Gasteiger partial charge in [0, 0.05) is 54.8 Å². The second-order valence-electron chi connectivity index (χ2n) is 14.2. The van der Waals surface area contributed by atoms with Gasteiger partial charge >= 0.3 is 5.97 Å².